The first-order valence-electron chi connectivity index (χ1n) is 9.49. The number of oxazole rings is 1. The number of hydrogen-bond acceptors (Lipinski definition) is 4. The van der Waals surface area contributed by atoms with E-state index in [1.807, 2.05) is 45.0 Å². The SMILES string of the molecule is CCNC(=NCc1ncc(C(C)(C)C)o1)NCC(C)Oc1ccccc1C. The fourth-order valence-corrected chi connectivity index (χ4v) is 2.41. The third-order valence-electron chi connectivity index (χ3n) is 3.99. The van der Waals surface area contributed by atoms with Crippen molar-refractivity contribution in [2.24, 2.45) is 4.99 Å². The maximum absolute atomic E-state index is 6.00. The first-order valence-corrected chi connectivity index (χ1v) is 9.49. The van der Waals surface area contributed by atoms with Crippen molar-refractivity contribution in [1.29, 1.82) is 0 Å². The van der Waals surface area contributed by atoms with Gasteiger partial charge in [-0.3, -0.25) is 0 Å². The molecule has 1 atom stereocenters. The Labute approximate surface area is 162 Å². The van der Waals surface area contributed by atoms with Gasteiger partial charge in [-0.1, -0.05) is 39.0 Å². The van der Waals surface area contributed by atoms with E-state index in [0.29, 0.717) is 24.9 Å². The van der Waals surface area contributed by atoms with E-state index in [0.717, 1.165) is 23.6 Å². The van der Waals surface area contributed by atoms with Crippen molar-refractivity contribution in [3.05, 3.63) is 47.7 Å². The van der Waals surface area contributed by atoms with E-state index in [2.05, 4.69) is 41.4 Å². The topological polar surface area (TPSA) is 71.7 Å². The summed E-state index contributed by atoms with van der Waals surface area (Å²) in [7, 11) is 0. The standard InChI is InChI=1S/C21H32N4O2/c1-7-22-20(25-14-19-23-13-18(27-19)21(4,5)6)24-12-16(3)26-17-11-9-8-10-15(17)2/h8-11,13,16H,7,12,14H2,1-6H3,(H2,22,24,25). The molecule has 0 amide bonds. The lowest BCUT2D eigenvalue weighted by atomic mass is 9.94. The second-order valence-electron chi connectivity index (χ2n) is 7.64. The van der Waals surface area contributed by atoms with Crippen molar-refractivity contribution in [3.63, 3.8) is 0 Å². The van der Waals surface area contributed by atoms with Crippen LogP contribution in [-0.2, 0) is 12.0 Å². The molecule has 148 valence electrons. The highest BCUT2D eigenvalue weighted by Crippen LogP contribution is 2.22. The van der Waals surface area contributed by atoms with Crippen LogP contribution in [0.15, 0.2) is 39.9 Å². The molecule has 27 heavy (non-hydrogen) atoms. The lowest BCUT2D eigenvalue weighted by molar-refractivity contribution is 0.222. The quantitative estimate of drug-likeness (QED) is 0.571. The summed E-state index contributed by atoms with van der Waals surface area (Å²) in [5.74, 6) is 3.10. The summed E-state index contributed by atoms with van der Waals surface area (Å²) in [4.78, 5) is 8.88. The summed E-state index contributed by atoms with van der Waals surface area (Å²) >= 11 is 0. The zero-order valence-corrected chi connectivity index (χ0v) is 17.3. The van der Waals surface area contributed by atoms with Gasteiger partial charge in [0.15, 0.2) is 5.96 Å². The van der Waals surface area contributed by atoms with E-state index in [1.165, 1.54) is 0 Å². The lowest BCUT2D eigenvalue weighted by Gasteiger charge is -2.18. The average molecular weight is 373 g/mol. The number of para-hydroxylation sites is 1. The highest BCUT2D eigenvalue weighted by Gasteiger charge is 2.19. The number of nitrogens with one attached hydrogen (secondary N) is 2. The largest absolute Gasteiger partial charge is 0.489 e. The molecule has 2 N–H and O–H groups in total. The number of aromatic nitrogens is 1. The molecule has 0 saturated heterocycles. The number of ether oxygens (including phenoxy) is 1. The van der Waals surface area contributed by atoms with E-state index < -0.39 is 0 Å². The van der Waals surface area contributed by atoms with Gasteiger partial charge in [-0.15, -0.1) is 0 Å². The van der Waals surface area contributed by atoms with Crippen LogP contribution >= 0.6 is 0 Å². The van der Waals surface area contributed by atoms with E-state index in [9.17, 15) is 0 Å². The average Bonchev–Trinajstić information content (AvgIpc) is 3.09. The Morgan fingerprint density at radius 1 is 1.26 bits per heavy atom. The van der Waals surface area contributed by atoms with Crippen molar-refractivity contribution >= 4 is 5.96 Å². The summed E-state index contributed by atoms with van der Waals surface area (Å²) in [5, 5.41) is 6.55. The van der Waals surface area contributed by atoms with Crippen LogP contribution in [0.1, 0.15) is 51.8 Å². The zero-order valence-electron chi connectivity index (χ0n) is 17.3. The van der Waals surface area contributed by atoms with Crippen molar-refractivity contribution in [2.45, 2.75) is 59.6 Å². The Kier molecular flexibility index (Phi) is 7.28. The summed E-state index contributed by atoms with van der Waals surface area (Å²) < 4.78 is 11.8. The van der Waals surface area contributed by atoms with Crippen LogP contribution in [0.4, 0.5) is 0 Å². The predicted molar refractivity (Wildman–Crippen MR) is 109 cm³/mol. The Morgan fingerprint density at radius 2 is 2.00 bits per heavy atom. The first kappa shape index (κ1) is 20.8. The van der Waals surface area contributed by atoms with E-state index >= 15 is 0 Å². The van der Waals surface area contributed by atoms with Crippen LogP contribution in [0, 0.1) is 6.92 Å². The van der Waals surface area contributed by atoms with Gasteiger partial charge in [0.2, 0.25) is 5.89 Å². The molecule has 6 nitrogen and oxygen atoms in total. The Balaban J connectivity index is 1.91. The minimum Gasteiger partial charge on any atom is -0.489 e. The van der Waals surface area contributed by atoms with Crippen molar-refractivity contribution < 1.29 is 9.15 Å². The number of aliphatic imine (C=N–C) groups is 1. The molecule has 0 aliphatic rings. The summed E-state index contributed by atoms with van der Waals surface area (Å²) in [6.07, 6.45) is 1.78. The van der Waals surface area contributed by atoms with E-state index in [-0.39, 0.29) is 11.5 Å². The number of guanidine groups is 1. The van der Waals surface area contributed by atoms with Crippen LogP contribution in [-0.4, -0.2) is 30.1 Å². The molecule has 6 heteroatoms. The minimum absolute atomic E-state index is 0.00388. The summed E-state index contributed by atoms with van der Waals surface area (Å²) in [6.45, 7) is 14.2. The fourth-order valence-electron chi connectivity index (χ4n) is 2.41. The van der Waals surface area contributed by atoms with Crippen molar-refractivity contribution in [3.8, 4) is 5.75 Å². The molecule has 0 aliphatic heterocycles. The number of rotatable bonds is 7. The van der Waals surface area contributed by atoms with Crippen LogP contribution < -0.4 is 15.4 Å². The van der Waals surface area contributed by atoms with Crippen LogP contribution in [0.3, 0.4) is 0 Å². The monoisotopic (exact) mass is 372 g/mol. The number of hydrogen-bond donors (Lipinski definition) is 2. The third-order valence-corrected chi connectivity index (χ3v) is 3.99. The molecule has 0 fully saturated rings. The smallest absolute Gasteiger partial charge is 0.216 e. The summed E-state index contributed by atoms with van der Waals surface area (Å²) in [6, 6.07) is 8.02. The predicted octanol–water partition coefficient (Wildman–Crippen LogP) is 3.80. The lowest BCUT2D eigenvalue weighted by Crippen LogP contribution is -2.41. The van der Waals surface area contributed by atoms with Gasteiger partial charge in [0.05, 0.1) is 12.7 Å². The van der Waals surface area contributed by atoms with Gasteiger partial charge in [0.25, 0.3) is 0 Å². The highest BCUT2D eigenvalue weighted by atomic mass is 16.5. The minimum atomic E-state index is -0.0555. The van der Waals surface area contributed by atoms with Crippen molar-refractivity contribution in [1.82, 2.24) is 15.6 Å². The Bertz CT molecular complexity index is 747. The van der Waals surface area contributed by atoms with Gasteiger partial charge >= 0.3 is 0 Å². The Morgan fingerprint density at radius 3 is 2.63 bits per heavy atom. The number of benzene rings is 1. The van der Waals surface area contributed by atoms with E-state index in [4.69, 9.17) is 9.15 Å². The molecule has 0 aliphatic carbocycles. The van der Waals surface area contributed by atoms with Gasteiger partial charge in [-0.2, -0.15) is 0 Å². The van der Waals surface area contributed by atoms with Crippen LogP contribution in [0.2, 0.25) is 0 Å². The molecule has 1 heterocycles. The molecule has 1 aromatic carbocycles. The van der Waals surface area contributed by atoms with Gasteiger partial charge < -0.3 is 19.8 Å². The van der Waals surface area contributed by atoms with Crippen LogP contribution in [0.5, 0.6) is 5.75 Å². The van der Waals surface area contributed by atoms with E-state index in [1.54, 1.807) is 6.20 Å². The fraction of sp³-hybridized carbons (Fsp3) is 0.524. The zero-order chi connectivity index (χ0) is 19.9. The number of aryl methyl sites for hydroxylation is 1. The molecule has 0 spiro atoms. The van der Waals surface area contributed by atoms with Gasteiger partial charge in [0, 0.05) is 12.0 Å². The maximum Gasteiger partial charge on any atom is 0.216 e. The molecule has 0 bridgehead atoms. The second kappa shape index (κ2) is 9.44. The third kappa shape index (κ3) is 6.62. The first-order chi connectivity index (χ1) is 12.8. The van der Waals surface area contributed by atoms with Gasteiger partial charge in [0.1, 0.15) is 24.2 Å². The number of nitrogens with zero attached hydrogens (tertiary/aromatic N) is 2. The molecular weight excluding hydrogens is 340 g/mol. The molecular formula is C21H32N4O2. The van der Waals surface area contributed by atoms with Crippen LogP contribution in [0.25, 0.3) is 0 Å². The Hall–Kier alpha value is -2.50. The van der Waals surface area contributed by atoms with Crippen molar-refractivity contribution in [2.75, 3.05) is 13.1 Å². The van der Waals surface area contributed by atoms with Gasteiger partial charge in [-0.05, 0) is 32.4 Å². The molecule has 2 rings (SSSR count). The molecule has 1 aromatic heterocycles. The molecule has 1 unspecified atom stereocenters. The molecule has 0 radical (unpaired) electrons. The molecule has 2 aromatic rings. The normalized spacial score (nSPS) is 13.3. The maximum atomic E-state index is 6.00. The van der Waals surface area contributed by atoms with Gasteiger partial charge in [-0.25, -0.2) is 9.98 Å². The highest BCUT2D eigenvalue weighted by molar-refractivity contribution is 5.79. The second-order valence-corrected chi connectivity index (χ2v) is 7.64. The molecule has 0 saturated carbocycles. The summed E-state index contributed by atoms with van der Waals surface area (Å²) in [5.41, 5.74) is 1.07.